The third-order valence-electron chi connectivity index (χ3n) is 3.68. The fourth-order valence-electron chi connectivity index (χ4n) is 2.66. The van der Waals surface area contributed by atoms with E-state index in [-0.39, 0.29) is 0 Å². The van der Waals surface area contributed by atoms with Crippen LogP contribution in [0.5, 0.6) is 0 Å². The summed E-state index contributed by atoms with van der Waals surface area (Å²) in [5.41, 5.74) is 3.82. The van der Waals surface area contributed by atoms with Crippen LogP contribution in [0.3, 0.4) is 0 Å². The number of pyridine rings is 1. The maximum absolute atomic E-state index is 6.04. The number of nitrogens with zero attached hydrogens (tertiary/aromatic N) is 2. The van der Waals surface area contributed by atoms with Gasteiger partial charge in [0.05, 0.1) is 11.9 Å². The molecular formula is C16H18ClN3. The molecule has 1 aliphatic rings. The van der Waals surface area contributed by atoms with Gasteiger partial charge in [0.1, 0.15) is 5.82 Å². The van der Waals surface area contributed by atoms with Crippen LogP contribution in [0.25, 0.3) is 0 Å². The first-order chi connectivity index (χ1) is 9.61. The minimum absolute atomic E-state index is 0.426. The van der Waals surface area contributed by atoms with Crippen molar-refractivity contribution in [2.75, 3.05) is 24.3 Å². The summed E-state index contributed by atoms with van der Waals surface area (Å²) in [5.74, 6) is 0.969. The van der Waals surface area contributed by atoms with Crippen LogP contribution in [0.15, 0.2) is 36.5 Å². The number of halogens is 1. The van der Waals surface area contributed by atoms with Gasteiger partial charge >= 0.3 is 0 Å². The average Bonchev–Trinajstić information content (AvgIpc) is 2.80. The van der Waals surface area contributed by atoms with Crippen molar-refractivity contribution in [2.45, 2.75) is 18.9 Å². The minimum Gasteiger partial charge on any atom is -0.380 e. The Bertz CT molecular complexity index is 608. The maximum Gasteiger partial charge on any atom is 0.128 e. The van der Waals surface area contributed by atoms with Gasteiger partial charge in [-0.2, -0.15) is 0 Å². The molecule has 0 spiro atoms. The SMILES string of the molecule is CN(C)c1ccc(NC2Cc3ccc(Cl)cc3C2)cn1. The molecule has 104 valence electrons. The molecule has 3 rings (SSSR count). The lowest BCUT2D eigenvalue weighted by Gasteiger charge is -2.15. The van der Waals surface area contributed by atoms with Crippen molar-refractivity contribution in [3.63, 3.8) is 0 Å². The van der Waals surface area contributed by atoms with Gasteiger partial charge in [-0.1, -0.05) is 17.7 Å². The van der Waals surface area contributed by atoms with Gasteiger partial charge in [-0.3, -0.25) is 0 Å². The Kier molecular flexibility index (Phi) is 3.53. The molecule has 2 aromatic rings. The number of hydrogen-bond acceptors (Lipinski definition) is 3. The van der Waals surface area contributed by atoms with Crippen LogP contribution in [0.2, 0.25) is 5.02 Å². The van der Waals surface area contributed by atoms with Crippen LogP contribution in [0.1, 0.15) is 11.1 Å². The molecule has 0 saturated heterocycles. The van der Waals surface area contributed by atoms with Gasteiger partial charge in [-0.25, -0.2) is 4.98 Å². The van der Waals surface area contributed by atoms with Gasteiger partial charge in [-0.05, 0) is 48.2 Å². The van der Waals surface area contributed by atoms with E-state index in [1.807, 2.05) is 37.3 Å². The van der Waals surface area contributed by atoms with Gasteiger partial charge in [-0.15, -0.1) is 0 Å². The van der Waals surface area contributed by atoms with E-state index in [0.717, 1.165) is 29.4 Å². The number of rotatable bonds is 3. The van der Waals surface area contributed by atoms with Crippen molar-refractivity contribution in [2.24, 2.45) is 0 Å². The number of hydrogen-bond donors (Lipinski definition) is 1. The maximum atomic E-state index is 6.04. The van der Waals surface area contributed by atoms with Crippen LogP contribution >= 0.6 is 11.6 Å². The van der Waals surface area contributed by atoms with Crippen LogP contribution in [-0.2, 0) is 12.8 Å². The second kappa shape index (κ2) is 5.33. The number of nitrogens with one attached hydrogen (secondary N) is 1. The van der Waals surface area contributed by atoms with Crippen molar-refractivity contribution in [1.29, 1.82) is 0 Å². The van der Waals surface area contributed by atoms with Gasteiger partial charge in [0.15, 0.2) is 0 Å². The molecule has 20 heavy (non-hydrogen) atoms. The summed E-state index contributed by atoms with van der Waals surface area (Å²) in [6, 6.07) is 10.7. The zero-order chi connectivity index (χ0) is 14.1. The molecule has 1 atom stereocenters. The molecule has 1 aromatic heterocycles. The Morgan fingerprint density at radius 2 is 1.95 bits per heavy atom. The lowest BCUT2D eigenvalue weighted by atomic mass is 10.1. The van der Waals surface area contributed by atoms with Crippen molar-refractivity contribution < 1.29 is 0 Å². The summed E-state index contributed by atoms with van der Waals surface area (Å²) in [4.78, 5) is 6.42. The Morgan fingerprint density at radius 3 is 2.65 bits per heavy atom. The highest BCUT2D eigenvalue weighted by molar-refractivity contribution is 6.30. The van der Waals surface area contributed by atoms with Gasteiger partial charge < -0.3 is 10.2 Å². The summed E-state index contributed by atoms with van der Waals surface area (Å²) < 4.78 is 0. The number of aromatic nitrogens is 1. The normalized spacial score (nSPS) is 16.9. The van der Waals surface area contributed by atoms with E-state index in [4.69, 9.17) is 11.6 Å². The largest absolute Gasteiger partial charge is 0.380 e. The fourth-order valence-corrected chi connectivity index (χ4v) is 2.86. The summed E-state index contributed by atoms with van der Waals surface area (Å²) in [7, 11) is 3.99. The van der Waals surface area contributed by atoms with E-state index in [9.17, 15) is 0 Å². The van der Waals surface area contributed by atoms with Gasteiger partial charge in [0, 0.05) is 25.2 Å². The Labute approximate surface area is 124 Å². The van der Waals surface area contributed by atoms with Crippen molar-refractivity contribution in [1.82, 2.24) is 4.98 Å². The molecule has 1 N–H and O–H groups in total. The second-order valence-electron chi connectivity index (χ2n) is 5.46. The molecule has 1 heterocycles. The first kappa shape index (κ1) is 13.3. The highest BCUT2D eigenvalue weighted by Crippen LogP contribution is 2.27. The molecule has 0 fully saturated rings. The smallest absolute Gasteiger partial charge is 0.128 e. The first-order valence-corrected chi connectivity index (χ1v) is 7.17. The van der Waals surface area contributed by atoms with Crippen molar-refractivity contribution in [3.05, 3.63) is 52.7 Å². The molecule has 1 aromatic carbocycles. The van der Waals surface area contributed by atoms with Crippen LogP contribution in [0, 0.1) is 0 Å². The second-order valence-corrected chi connectivity index (χ2v) is 5.90. The lowest BCUT2D eigenvalue weighted by Crippen LogP contribution is -2.19. The predicted octanol–water partition coefficient (Wildman–Crippen LogP) is 3.38. The van der Waals surface area contributed by atoms with Crippen molar-refractivity contribution in [3.8, 4) is 0 Å². The summed E-state index contributed by atoms with van der Waals surface area (Å²) in [5, 5.41) is 4.37. The van der Waals surface area contributed by atoms with E-state index in [1.54, 1.807) is 0 Å². The third-order valence-corrected chi connectivity index (χ3v) is 3.91. The van der Waals surface area contributed by atoms with Gasteiger partial charge in [0.25, 0.3) is 0 Å². The topological polar surface area (TPSA) is 28.2 Å². The molecule has 3 nitrogen and oxygen atoms in total. The van der Waals surface area contributed by atoms with E-state index in [0.29, 0.717) is 6.04 Å². The first-order valence-electron chi connectivity index (χ1n) is 6.79. The molecule has 0 amide bonds. The molecule has 1 unspecified atom stereocenters. The highest BCUT2D eigenvalue weighted by atomic mass is 35.5. The molecule has 4 heteroatoms. The third kappa shape index (κ3) is 2.73. The molecule has 0 bridgehead atoms. The average molecular weight is 288 g/mol. The van der Waals surface area contributed by atoms with E-state index in [1.165, 1.54) is 11.1 Å². The Hall–Kier alpha value is -1.74. The summed E-state index contributed by atoms with van der Waals surface area (Å²) >= 11 is 6.04. The zero-order valence-electron chi connectivity index (χ0n) is 11.7. The number of anilines is 2. The zero-order valence-corrected chi connectivity index (χ0v) is 12.5. The monoisotopic (exact) mass is 287 g/mol. The Morgan fingerprint density at radius 1 is 1.15 bits per heavy atom. The van der Waals surface area contributed by atoms with Crippen LogP contribution in [0.4, 0.5) is 11.5 Å². The van der Waals surface area contributed by atoms with Crippen LogP contribution in [-0.4, -0.2) is 25.1 Å². The quantitative estimate of drug-likeness (QED) is 0.938. The summed E-state index contributed by atoms with van der Waals surface area (Å²) in [6.45, 7) is 0. The predicted molar refractivity (Wildman–Crippen MR) is 84.8 cm³/mol. The molecule has 0 aliphatic heterocycles. The lowest BCUT2D eigenvalue weighted by molar-refractivity contribution is 0.773. The van der Waals surface area contributed by atoms with Crippen molar-refractivity contribution >= 4 is 23.1 Å². The van der Waals surface area contributed by atoms with E-state index < -0.39 is 0 Å². The highest BCUT2D eigenvalue weighted by Gasteiger charge is 2.21. The molecule has 0 saturated carbocycles. The summed E-state index contributed by atoms with van der Waals surface area (Å²) in [6.07, 6.45) is 3.96. The number of fused-ring (bicyclic) bond motifs is 1. The number of benzene rings is 1. The molecule has 1 aliphatic carbocycles. The van der Waals surface area contributed by atoms with Crippen LogP contribution < -0.4 is 10.2 Å². The fraction of sp³-hybridized carbons (Fsp3) is 0.312. The van der Waals surface area contributed by atoms with Gasteiger partial charge in [0.2, 0.25) is 0 Å². The molecular weight excluding hydrogens is 270 g/mol. The van der Waals surface area contributed by atoms with E-state index in [2.05, 4.69) is 28.5 Å². The van der Waals surface area contributed by atoms with E-state index >= 15 is 0 Å². The minimum atomic E-state index is 0.426. The molecule has 0 radical (unpaired) electrons. The Balaban J connectivity index is 1.68. The standard InChI is InChI=1S/C16H18ClN3/c1-20(2)16-6-5-14(10-18-16)19-15-8-11-3-4-13(17)7-12(11)9-15/h3-7,10,15,19H,8-9H2,1-2H3.